The van der Waals surface area contributed by atoms with Crippen molar-refractivity contribution in [1.82, 2.24) is 14.5 Å². The number of benzene rings is 1. The topological polar surface area (TPSA) is 119 Å². The van der Waals surface area contributed by atoms with Gasteiger partial charge in [0.1, 0.15) is 23.6 Å². The third-order valence-electron chi connectivity index (χ3n) is 5.54. The zero-order valence-electron chi connectivity index (χ0n) is 17.5. The maximum absolute atomic E-state index is 15.4. The summed E-state index contributed by atoms with van der Waals surface area (Å²) in [4.78, 5) is 27.3. The van der Waals surface area contributed by atoms with Gasteiger partial charge in [0, 0.05) is 37.8 Å². The van der Waals surface area contributed by atoms with Crippen LogP contribution in [0.25, 0.3) is 0 Å². The molecule has 2 fully saturated rings. The van der Waals surface area contributed by atoms with Crippen molar-refractivity contribution in [3.05, 3.63) is 23.0 Å². The fourth-order valence-corrected chi connectivity index (χ4v) is 5.18. The number of nitrogens with one attached hydrogen (secondary N) is 1. The molecule has 2 N–H and O–H groups in total. The number of carbonyl (C=O) groups excluding carboxylic acids is 2. The van der Waals surface area contributed by atoms with E-state index < -0.39 is 51.6 Å². The van der Waals surface area contributed by atoms with Crippen LogP contribution in [0.5, 0.6) is 5.75 Å². The second-order valence-corrected chi connectivity index (χ2v) is 10.6. The molecule has 0 unspecified atom stereocenters. The Balaban J connectivity index is 1.51. The van der Waals surface area contributed by atoms with Crippen LogP contribution in [0.4, 0.5) is 14.9 Å². The molecule has 170 valence electrons. The van der Waals surface area contributed by atoms with E-state index in [0.717, 1.165) is 0 Å². The average molecular weight is 456 g/mol. The molecule has 3 heterocycles. The van der Waals surface area contributed by atoms with Gasteiger partial charge in [0.05, 0.1) is 0 Å². The number of phenolic OH excluding ortho intramolecular Hbond substituents is 1. The highest BCUT2D eigenvalue weighted by molar-refractivity contribution is 7.92. The van der Waals surface area contributed by atoms with Crippen molar-refractivity contribution in [2.75, 3.05) is 30.5 Å². The monoisotopic (exact) mass is 456 g/mol. The molecule has 3 aliphatic rings. The highest BCUT2D eigenvalue weighted by Gasteiger charge is 2.41. The number of hydrogen-bond donors (Lipinski definition) is 2. The number of phenols is 1. The zero-order valence-corrected chi connectivity index (χ0v) is 18.3. The predicted octanol–water partition coefficient (Wildman–Crippen LogP) is 0.690. The van der Waals surface area contributed by atoms with Crippen LogP contribution in [0.15, 0.2) is 6.07 Å². The Labute approximate surface area is 179 Å². The Morgan fingerprint density at radius 1 is 1.29 bits per heavy atom. The van der Waals surface area contributed by atoms with Crippen LogP contribution in [-0.2, 0) is 32.7 Å². The van der Waals surface area contributed by atoms with Crippen molar-refractivity contribution >= 4 is 27.9 Å². The van der Waals surface area contributed by atoms with Crippen LogP contribution in [-0.4, -0.2) is 73.1 Å². The molecule has 2 amide bonds. The van der Waals surface area contributed by atoms with Gasteiger partial charge in [-0.15, -0.1) is 0 Å². The molecule has 0 aliphatic carbocycles. The van der Waals surface area contributed by atoms with Gasteiger partial charge in [-0.1, -0.05) is 0 Å². The van der Waals surface area contributed by atoms with Crippen LogP contribution >= 0.6 is 0 Å². The van der Waals surface area contributed by atoms with Gasteiger partial charge in [-0.25, -0.2) is 18.2 Å². The van der Waals surface area contributed by atoms with Crippen LogP contribution in [0.2, 0.25) is 0 Å². The number of likely N-dealkylation sites (tertiary alicyclic amines) is 1. The third kappa shape index (κ3) is 4.01. The van der Waals surface area contributed by atoms with E-state index in [9.17, 15) is 23.1 Å². The number of fused-ring (bicyclic) bond motifs is 1. The lowest BCUT2D eigenvalue weighted by Crippen LogP contribution is -2.62. The van der Waals surface area contributed by atoms with Crippen LogP contribution in [0.1, 0.15) is 31.9 Å². The molecule has 1 aromatic rings. The van der Waals surface area contributed by atoms with Gasteiger partial charge in [-0.05, 0) is 38.8 Å². The fourth-order valence-electron chi connectivity index (χ4n) is 4.01. The summed E-state index contributed by atoms with van der Waals surface area (Å²) in [5.41, 5.74) is -0.235. The van der Waals surface area contributed by atoms with E-state index in [4.69, 9.17) is 4.74 Å². The fraction of sp³-hybridized carbons (Fsp3) is 0.579. The van der Waals surface area contributed by atoms with Crippen molar-refractivity contribution in [1.29, 1.82) is 0 Å². The van der Waals surface area contributed by atoms with Gasteiger partial charge in [0.15, 0.2) is 5.82 Å². The predicted molar refractivity (Wildman–Crippen MR) is 108 cm³/mol. The number of ether oxygens (including phenoxy) is 1. The molecule has 3 aliphatic heterocycles. The highest BCUT2D eigenvalue weighted by Crippen LogP contribution is 2.39. The number of anilines is 1. The normalized spacial score (nSPS) is 21.5. The van der Waals surface area contributed by atoms with Gasteiger partial charge in [0.2, 0.25) is 0 Å². The largest absolute Gasteiger partial charge is 0.506 e. The molecular weight excluding hydrogens is 431 g/mol. The molecule has 2 saturated heterocycles. The Bertz CT molecular complexity index is 1050. The highest BCUT2D eigenvalue weighted by atomic mass is 32.2. The Hall–Kier alpha value is -2.60. The maximum atomic E-state index is 15.4. The van der Waals surface area contributed by atoms with Gasteiger partial charge < -0.3 is 14.7 Å². The van der Waals surface area contributed by atoms with E-state index in [-0.39, 0.29) is 18.2 Å². The van der Waals surface area contributed by atoms with Crippen LogP contribution in [0, 0.1) is 5.82 Å². The number of halogens is 1. The van der Waals surface area contributed by atoms with Crippen molar-refractivity contribution in [3.63, 3.8) is 0 Å². The van der Waals surface area contributed by atoms with Gasteiger partial charge in [0.25, 0.3) is 5.91 Å². The summed E-state index contributed by atoms with van der Waals surface area (Å²) >= 11 is 0. The number of hydrogen-bond acceptors (Lipinski definition) is 7. The minimum Gasteiger partial charge on any atom is -0.506 e. The van der Waals surface area contributed by atoms with Crippen molar-refractivity contribution < 1.29 is 32.2 Å². The number of aromatic hydroxyl groups is 1. The number of carbonyl (C=O) groups is 2. The molecule has 0 saturated carbocycles. The van der Waals surface area contributed by atoms with E-state index in [2.05, 4.69) is 0 Å². The second-order valence-electron chi connectivity index (χ2n) is 8.99. The van der Waals surface area contributed by atoms with E-state index in [1.807, 2.05) is 4.90 Å². The quantitative estimate of drug-likeness (QED) is 0.672. The zero-order chi connectivity index (χ0) is 22.7. The first kappa shape index (κ1) is 21.6. The molecule has 10 nitrogen and oxygen atoms in total. The van der Waals surface area contributed by atoms with E-state index in [1.165, 1.54) is 6.07 Å². The minimum atomic E-state index is -4.25. The van der Waals surface area contributed by atoms with Crippen molar-refractivity contribution in [3.8, 4) is 5.75 Å². The van der Waals surface area contributed by atoms with Crippen molar-refractivity contribution in [2.24, 2.45) is 0 Å². The number of rotatable bonds is 2. The van der Waals surface area contributed by atoms with E-state index >= 15 is 4.39 Å². The summed E-state index contributed by atoms with van der Waals surface area (Å²) in [6.45, 7) is 6.51. The Morgan fingerprint density at radius 3 is 2.55 bits per heavy atom. The molecule has 31 heavy (non-hydrogen) atoms. The van der Waals surface area contributed by atoms with Crippen molar-refractivity contribution in [2.45, 2.75) is 45.4 Å². The first-order valence-corrected chi connectivity index (χ1v) is 11.4. The molecule has 0 atom stereocenters. The van der Waals surface area contributed by atoms with Gasteiger partial charge in [-0.2, -0.15) is 8.42 Å². The van der Waals surface area contributed by atoms with Crippen LogP contribution < -0.4 is 9.03 Å². The molecular formula is C19H25FN4O6S. The maximum Gasteiger partial charge on any atom is 0.410 e. The standard InChI is InChI=1S/C19H25FN4O6S/c1-19(2,3)30-18(27)23-7-12(8-23)22-5-4-11-6-14(25)17(16(20)13(11)9-22)24-10-15(26)21-31(24,28)29/h6,12,25H,4-5,7-10H2,1-3H3,(H,21,26). The smallest absolute Gasteiger partial charge is 0.410 e. The molecule has 1 aromatic carbocycles. The second kappa shape index (κ2) is 7.23. The minimum absolute atomic E-state index is 0.0242. The SMILES string of the molecule is CC(C)(C)OC(=O)N1CC(N2CCc3cc(O)c(N4CC(=O)NS4(=O)=O)c(F)c3C2)C1. The Kier molecular flexibility index (Phi) is 5.04. The lowest BCUT2D eigenvalue weighted by Gasteiger charge is -2.46. The lowest BCUT2D eigenvalue weighted by atomic mass is 9.95. The van der Waals surface area contributed by atoms with Gasteiger partial charge >= 0.3 is 16.3 Å². The summed E-state index contributed by atoms with van der Waals surface area (Å²) in [5, 5.41) is 10.3. The third-order valence-corrected chi connectivity index (χ3v) is 6.92. The summed E-state index contributed by atoms with van der Waals surface area (Å²) < 4.78 is 47.3. The van der Waals surface area contributed by atoms with E-state index in [0.29, 0.717) is 35.9 Å². The van der Waals surface area contributed by atoms with Gasteiger partial charge in [-0.3, -0.25) is 9.69 Å². The summed E-state index contributed by atoms with van der Waals surface area (Å²) in [7, 11) is -4.25. The number of nitrogens with zero attached hydrogens (tertiary/aromatic N) is 3. The summed E-state index contributed by atoms with van der Waals surface area (Å²) in [5.74, 6) is -2.18. The summed E-state index contributed by atoms with van der Waals surface area (Å²) in [6, 6.07) is 1.38. The molecule has 0 bridgehead atoms. The Morgan fingerprint density at radius 2 is 1.97 bits per heavy atom. The first-order chi connectivity index (χ1) is 14.4. The summed E-state index contributed by atoms with van der Waals surface area (Å²) in [6.07, 6.45) is 0.0726. The van der Waals surface area contributed by atoms with Crippen LogP contribution in [0.3, 0.4) is 0 Å². The van der Waals surface area contributed by atoms with E-state index in [1.54, 1.807) is 30.4 Å². The molecule has 12 heteroatoms. The average Bonchev–Trinajstić information content (AvgIpc) is 2.84. The molecule has 0 aromatic heterocycles. The number of amides is 2. The molecule has 0 radical (unpaired) electrons. The molecule has 0 spiro atoms. The first-order valence-electron chi connectivity index (χ1n) is 9.94. The lowest BCUT2D eigenvalue weighted by molar-refractivity contribution is -0.117. The molecule has 4 rings (SSSR count).